The Bertz CT molecular complexity index is 675. The van der Waals surface area contributed by atoms with Gasteiger partial charge in [0.05, 0.1) is 12.7 Å². The standard InChI is InChI=1S/C20H21NO2/c1-3-23-19(12-14-22)6-4-5-17-7-9-18(10-8-17)20-15-21-13-11-16(20)2/h3,6-11,13-15H,1,4-5,12H2,2H3/b19-6-. The number of carbonyl (C=O) groups is 1. The predicted molar refractivity (Wildman–Crippen MR) is 92.8 cm³/mol. The fourth-order valence-electron chi connectivity index (χ4n) is 2.39. The van der Waals surface area contributed by atoms with Crippen molar-refractivity contribution in [2.45, 2.75) is 26.2 Å². The second-order valence-corrected chi connectivity index (χ2v) is 5.25. The molecule has 0 aliphatic carbocycles. The highest BCUT2D eigenvalue weighted by atomic mass is 16.5. The van der Waals surface area contributed by atoms with Gasteiger partial charge in [-0.25, -0.2) is 0 Å². The average Bonchev–Trinajstić information content (AvgIpc) is 2.56. The number of aryl methyl sites for hydroxylation is 2. The maximum Gasteiger partial charge on any atom is 0.127 e. The van der Waals surface area contributed by atoms with Crippen LogP contribution >= 0.6 is 0 Å². The Morgan fingerprint density at radius 2 is 2.04 bits per heavy atom. The summed E-state index contributed by atoms with van der Waals surface area (Å²) < 4.78 is 5.20. The van der Waals surface area contributed by atoms with E-state index in [4.69, 9.17) is 4.74 Å². The molecule has 0 amide bonds. The number of nitrogens with zero attached hydrogens (tertiary/aromatic N) is 1. The van der Waals surface area contributed by atoms with Crippen molar-refractivity contribution in [2.75, 3.05) is 0 Å². The topological polar surface area (TPSA) is 39.2 Å². The molecule has 1 aromatic carbocycles. The van der Waals surface area contributed by atoms with Crippen LogP contribution in [-0.2, 0) is 16.0 Å². The summed E-state index contributed by atoms with van der Waals surface area (Å²) in [6, 6.07) is 10.5. The van der Waals surface area contributed by atoms with Gasteiger partial charge < -0.3 is 9.53 Å². The monoisotopic (exact) mass is 307 g/mol. The van der Waals surface area contributed by atoms with Gasteiger partial charge in [0.15, 0.2) is 0 Å². The highest BCUT2D eigenvalue weighted by Gasteiger charge is 2.02. The van der Waals surface area contributed by atoms with Gasteiger partial charge in [0.2, 0.25) is 0 Å². The minimum Gasteiger partial charge on any atom is -0.470 e. The zero-order valence-electron chi connectivity index (χ0n) is 13.4. The Hall–Kier alpha value is -2.68. The Morgan fingerprint density at radius 1 is 1.26 bits per heavy atom. The molecule has 0 saturated heterocycles. The minimum atomic E-state index is 0.283. The lowest BCUT2D eigenvalue weighted by atomic mass is 10.0. The number of aromatic nitrogens is 1. The van der Waals surface area contributed by atoms with Gasteiger partial charge in [-0.3, -0.25) is 4.98 Å². The molecule has 1 aromatic heterocycles. The van der Waals surface area contributed by atoms with Gasteiger partial charge in [0, 0.05) is 18.0 Å². The molecule has 0 atom stereocenters. The van der Waals surface area contributed by atoms with Crippen molar-refractivity contribution in [1.29, 1.82) is 0 Å². The Kier molecular flexibility index (Phi) is 6.30. The van der Waals surface area contributed by atoms with Gasteiger partial charge in [-0.2, -0.15) is 0 Å². The van der Waals surface area contributed by atoms with E-state index in [-0.39, 0.29) is 6.42 Å². The lowest BCUT2D eigenvalue weighted by Gasteiger charge is -2.07. The van der Waals surface area contributed by atoms with E-state index in [9.17, 15) is 4.79 Å². The van der Waals surface area contributed by atoms with Gasteiger partial charge in [-0.1, -0.05) is 30.8 Å². The normalized spacial score (nSPS) is 11.1. The third-order valence-electron chi connectivity index (χ3n) is 3.63. The van der Waals surface area contributed by atoms with Crippen LogP contribution in [0.4, 0.5) is 0 Å². The van der Waals surface area contributed by atoms with Crippen molar-refractivity contribution in [1.82, 2.24) is 4.98 Å². The number of carbonyl (C=O) groups excluding carboxylic acids is 1. The Balaban J connectivity index is 2.00. The zero-order valence-corrected chi connectivity index (χ0v) is 13.4. The summed E-state index contributed by atoms with van der Waals surface area (Å²) in [6.45, 7) is 5.60. The van der Waals surface area contributed by atoms with Crippen LogP contribution in [0.3, 0.4) is 0 Å². The molecule has 0 N–H and O–H groups in total. The maximum atomic E-state index is 10.6. The molecule has 1 heterocycles. The van der Waals surface area contributed by atoms with E-state index in [1.807, 2.05) is 24.5 Å². The van der Waals surface area contributed by atoms with Gasteiger partial charge in [-0.15, -0.1) is 0 Å². The summed E-state index contributed by atoms with van der Waals surface area (Å²) in [5, 5.41) is 0. The van der Waals surface area contributed by atoms with Crippen molar-refractivity contribution >= 4 is 6.29 Å². The number of hydrogen-bond acceptors (Lipinski definition) is 3. The van der Waals surface area contributed by atoms with Gasteiger partial charge in [0.1, 0.15) is 12.0 Å². The first kappa shape index (κ1) is 16.7. The summed E-state index contributed by atoms with van der Waals surface area (Å²) in [7, 11) is 0. The second kappa shape index (κ2) is 8.69. The summed E-state index contributed by atoms with van der Waals surface area (Å²) in [5.74, 6) is 0.651. The molecule has 3 heteroatoms. The molecular weight excluding hydrogens is 286 g/mol. The van der Waals surface area contributed by atoms with E-state index >= 15 is 0 Å². The Morgan fingerprint density at radius 3 is 2.70 bits per heavy atom. The molecule has 23 heavy (non-hydrogen) atoms. The molecule has 2 rings (SSSR count). The predicted octanol–water partition coefficient (Wildman–Crippen LogP) is 4.62. The van der Waals surface area contributed by atoms with E-state index < -0.39 is 0 Å². The highest BCUT2D eigenvalue weighted by Crippen LogP contribution is 2.22. The van der Waals surface area contributed by atoms with Crippen molar-refractivity contribution in [3.63, 3.8) is 0 Å². The number of ether oxygens (including phenoxy) is 1. The fourth-order valence-corrected chi connectivity index (χ4v) is 2.39. The fraction of sp³-hybridized carbons (Fsp3) is 0.200. The first-order valence-corrected chi connectivity index (χ1v) is 7.64. The lowest BCUT2D eigenvalue weighted by Crippen LogP contribution is -1.90. The van der Waals surface area contributed by atoms with Crippen LogP contribution in [0.25, 0.3) is 11.1 Å². The van der Waals surface area contributed by atoms with Gasteiger partial charge in [0.25, 0.3) is 0 Å². The first-order valence-electron chi connectivity index (χ1n) is 7.64. The number of rotatable bonds is 8. The summed E-state index contributed by atoms with van der Waals surface area (Å²) in [5.41, 5.74) is 4.80. The van der Waals surface area contributed by atoms with Crippen LogP contribution in [0, 0.1) is 6.92 Å². The Labute approximate surface area is 137 Å². The molecule has 0 saturated carbocycles. The number of allylic oxidation sites excluding steroid dienone is 2. The van der Waals surface area contributed by atoms with Gasteiger partial charge in [-0.05, 0) is 48.6 Å². The molecule has 118 valence electrons. The largest absolute Gasteiger partial charge is 0.470 e. The molecule has 0 radical (unpaired) electrons. The smallest absolute Gasteiger partial charge is 0.127 e. The summed E-state index contributed by atoms with van der Waals surface area (Å²) in [6.07, 6.45) is 9.83. The number of pyridine rings is 1. The SMILES string of the molecule is C=CO/C(=C\CCc1ccc(-c2cnccc2C)cc1)CC=O. The van der Waals surface area contributed by atoms with E-state index in [0.29, 0.717) is 5.76 Å². The van der Waals surface area contributed by atoms with E-state index in [0.717, 1.165) is 24.7 Å². The molecular formula is C20H21NO2. The van der Waals surface area contributed by atoms with Crippen LogP contribution in [0.5, 0.6) is 0 Å². The van der Waals surface area contributed by atoms with E-state index in [1.165, 1.54) is 23.0 Å². The number of benzene rings is 1. The summed E-state index contributed by atoms with van der Waals surface area (Å²) in [4.78, 5) is 14.8. The summed E-state index contributed by atoms with van der Waals surface area (Å²) >= 11 is 0. The third-order valence-corrected chi connectivity index (χ3v) is 3.63. The van der Waals surface area contributed by atoms with Crippen molar-refractivity contribution in [2.24, 2.45) is 0 Å². The maximum absolute atomic E-state index is 10.6. The van der Waals surface area contributed by atoms with Crippen molar-refractivity contribution in [3.8, 4) is 11.1 Å². The third kappa shape index (κ3) is 4.92. The van der Waals surface area contributed by atoms with Crippen LogP contribution in [0.1, 0.15) is 24.0 Å². The van der Waals surface area contributed by atoms with Crippen LogP contribution < -0.4 is 0 Å². The molecule has 2 aromatic rings. The lowest BCUT2D eigenvalue weighted by molar-refractivity contribution is -0.107. The molecule has 0 bridgehead atoms. The van der Waals surface area contributed by atoms with Crippen LogP contribution in [0.2, 0.25) is 0 Å². The van der Waals surface area contributed by atoms with E-state index in [2.05, 4.69) is 42.8 Å². The van der Waals surface area contributed by atoms with Gasteiger partial charge >= 0.3 is 0 Å². The molecule has 0 spiro atoms. The minimum absolute atomic E-state index is 0.283. The quantitative estimate of drug-likeness (QED) is 0.527. The van der Waals surface area contributed by atoms with Crippen LogP contribution in [0.15, 0.2) is 67.4 Å². The van der Waals surface area contributed by atoms with Crippen molar-refractivity contribution in [3.05, 3.63) is 78.5 Å². The number of aldehydes is 1. The molecule has 0 unspecified atom stereocenters. The first-order chi connectivity index (χ1) is 11.2. The average molecular weight is 307 g/mol. The van der Waals surface area contributed by atoms with Crippen molar-refractivity contribution < 1.29 is 9.53 Å². The number of hydrogen-bond donors (Lipinski definition) is 0. The molecule has 0 aliphatic rings. The molecule has 3 nitrogen and oxygen atoms in total. The zero-order chi connectivity index (χ0) is 16.5. The molecule has 0 fully saturated rings. The van der Waals surface area contributed by atoms with Crippen LogP contribution in [-0.4, -0.2) is 11.3 Å². The highest BCUT2D eigenvalue weighted by molar-refractivity contribution is 5.66. The molecule has 0 aliphatic heterocycles. The van der Waals surface area contributed by atoms with E-state index in [1.54, 1.807) is 0 Å². The second-order valence-electron chi connectivity index (χ2n) is 5.25.